The first-order valence-corrected chi connectivity index (χ1v) is 6.96. The van der Waals surface area contributed by atoms with Gasteiger partial charge in [0, 0.05) is 25.9 Å². The molecule has 5 nitrogen and oxygen atoms in total. The summed E-state index contributed by atoms with van der Waals surface area (Å²) in [5, 5.41) is 11.9. The fourth-order valence-corrected chi connectivity index (χ4v) is 2.29. The number of imide groups is 1. The highest BCUT2D eigenvalue weighted by molar-refractivity contribution is 6.21. The molecule has 1 aromatic rings. The Balaban J connectivity index is 1.89. The predicted octanol–water partition coefficient (Wildman–Crippen LogP) is 1.88. The maximum atomic E-state index is 11.9. The van der Waals surface area contributed by atoms with Crippen LogP contribution in [0.4, 0.5) is 5.69 Å². The second kappa shape index (κ2) is 6.52. The van der Waals surface area contributed by atoms with E-state index in [1.165, 1.54) is 7.05 Å². The van der Waals surface area contributed by atoms with Gasteiger partial charge in [-0.25, -0.2) is 0 Å². The number of aliphatic hydroxyl groups is 1. The summed E-state index contributed by atoms with van der Waals surface area (Å²) in [6, 6.07) is 5.27. The van der Waals surface area contributed by atoms with Crippen molar-refractivity contribution in [3.05, 3.63) is 29.3 Å². The number of aliphatic hydroxyl groups excluding tert-OH is 1. The summed E-state index contributed by atoms with van der Waals surface area (Å²) in [4.78, 5) is 24.7. The summed E-state index contributed by atoms with van der Waals surface area (Å²) in [6.07, 6.45) is 3.96. The van der Waals surface area contributed by atoms with Crippen molar-refractivity contribution in [2.75, 3.05) is 25.5 Å². The largest absolute Gasteiger partial charge is 0.396 e. The van der Waals surface area contributed by atoms with Crippen LogP contribution in [0.3, 0.4) is 0 Å². The van der Waals surface area contributed by atoms with E-state index in [1.54, 1.807) is 12.1 Å². The molecular weight excluding hydrogens is 256 g/mol. The van der Waals surface area contributed by atoms with Gasteiger partial charge in [0.15, 0.2) is 0 Å². The highest BCUT2D eigenvalue weighted by atomic mass is 16.3. The summed E-state index contributed by atoms with van der Waals surface area (Å²) in [5.74, 6) is -0.475. The van der Waals surface area contributed by atoms with Crippen LogP contribution in [0, 0.1) is 0 Å². The van der Waals surface area contributed by atoms with Gasteiger partial charge in [0.2, 0.25) is 0 Å². The van der Waals surface area contributed by atoms with Crippen molar-refractivity contribution in [1.29, 1.82) is 0 Å². The van der Waals surface area contributed by atoms with Gasteiger partial charge in [-0.05, 0) is 31.0 Å². The lowest BCUT2D eigenvalue weighted by Crippen LogP contribution is -2.24. The number of unbranched alkanes of at least 4 members (excludes halogenated alkanes) is 3. The molecule has 20 heavy (non-hydrogen) atoms. The summed E-state index contributed by atoms with van der Waals surface area (Å²) in [6.45, 7) is 1.07. The zero-order valence-corrected chi connectivity index (χ0v) is 11.7. The molecular formula is C15H20N2O3. The minimum atomic E-state index is -0.239. The summed E-state index contributed by atoms with van der Waals surface area (Å²) in [7, 11) is 1.50. The lowest BCUT2D eigenvalue weighted by atomic mass is 10.1. The van der Waals surface area contributed by atoms with Crippen LogP contribution in [0.25, 0.3) is 0 Å². The number of carbonyl (C=O) groups excluding carboxylic acids is 2. The van der Waals surface area contributed by atoms with Crippen LogP contribution in [0.1, 0.15) is 46.4 Å². The first-order chi connectivity index (χ1) is 9.65. The predicted molar refractivity (Wildman–Crippen MR) is 76.9 cm³/mol. The number of hydrogen-bond acceptors (Lipinski definition) is 4. The molecule has 1 aliphatic heterocycles. The van der Waals surface area contributed by atoms with Gasteiger partial charge in [0.05, 0.1) is 11.1 Å². The Morgan fingerprint density at radius 2 is 1.75 bits per heavy atom. The second-order valence-corrected chi connectivity index (χ2v) is 4.99. The quantitative estimate of drug-likeness (QED) is 0.589. The van der Waals surface area contributed by atoms with E-state index in [2.05, 4.69) is 5.32 Å². The molecule has 108 valence electrons. The van der Waals surface area contributed by atoms with Gasteiger partial charge >= 0.3 is 0 Å². The number of carbonyl (C=O) groups is 2. The van der Waals surface area contributed by atoms with Crippen molar-refractivity contribution >= 4 is 17.5 Å². The third-order valence-corrected chi connectivity index (χ3v) is 3.50. The van der Waals surface area contributed by atoms with Crippen LogP contribution in [0.2, 0.25) is 0 Å². The minimum absolute atomic E-state index is 0.236. The molecule has 0 radical (unpaired) electrons. The third-order valence-electron chi connectivity index (χ3n) is 3.50. The van der Waals surface area contributed by atoms with Crippen molar-refractivity contribution in [3.8, 4) is 0 Å². The molecule has 0 fully saturated rings. The number of benzene rings is 1. The number of anilines is 1. The zero-order valence-electron chi connectivity index (χ0n) is 11.7. The molecule has 0 unspecified atom stereocenters. The molecule has 0 aromatic heterocycles. The Kier molecular flexibility index (Phi) is 4.74. The maximum absolute atomic E-state index is 11.9. The van der Waals surface area contributed by atoms with Gasteiger partial charge in [-0.1, -0.05) is 12.8 Å². The number of fused-ring (bicyclic) bond motifs is 1. The minimum Gasteiger partial charge on any atom is -0.396 e. The average Bonchev–Trinajstić information content (AvgIpc) is 2.67. The Morgan fingerprint density at radius 1 is 1.05 bits per heavy atom. The summed E-state index contributed by atoms with van der Waals surface area (Å²) >= 11 is 0. The van der Waals surface area contributed by atoms with E-state index < -0.39 is 0 Å². The lowest BCUT2D eigenvalue weighted by molar-refractivity contribution is 0.0693. The molecule has 1 heterocycles. The maximum Gasteiger partial charge on any atom is 0.261 e. The van der Waals surface area contributed by atoms with Crippen LogP contribution in [0.5, 0.6) is 0 Å². The summed E-state index contributed by atoms with van der Waals surface area (Å²) in [5.41, 5.74) is 1.82. The van der Waals surface area contributed by atoms with E-state index in [0.717, 1.165) is 42.8 Å². The number of amides is 2. The van der Waals surface area contributed by atoms with Gasteiger partial charge in [-0.2, -0.15) is 0 Å². The van der Waals surface area contributed by atoms with Crippen molar-refractivity contribution in [2.45, 2.75) is 25.7 Å². The Morgan fingerprint density at radius 3 is 2.50 bits per heavy atom. The fourth-order valence-electron chi connectivity index (χ4n) is 2.29. The molecule has 0 atom stereocenters. The highest BCUT2D eigenvalue weighted by Crippen LogP contribution is 2.24. The van der Waals surface area contributed by atoms with Crippen LogP contribution in [0.15, 0.2) is 18.2 Å². The molecule has 0 saturated carbocycles. The topological polar surface area (TPSA) is 69.6 Å². The smallest absolute Gasteiger partial charge is 0.261 e. The second-order valence-electron chi connectivity index (χ2n) is 4.99. The van der Waals surface area contributed by atoms with Crippen molar-refractivity contribution < 1.29 is 14.7 Å². The fraction of sp³-hybridized carbons (Fsp3) is 0.467. The molecule has 1 aliphatic rings. The lowest BCUT2D eigenvalue weighted by Gasteiger charge is -2.07. The molecule has 0 saturated heterocycles. The first-order valence-electron chi connectivity index (χ1n) is 6.96. The van der Waals surface area contributed by atoms with Crippen LogP contribution in [-0.4, -0.2) is 42.0 Å². The molecule has 0 aliphatic carbocycles. The molecule has 2 rings (SSSR count). The average molecular weight is 276 g/mol. The molecule has 0 bridgehead atoms. The van der Waals surface area contributed by atoms with Crippen LogP contribution >= 0.6 is 0 Å². The Hall–Kier alpha value is -1.88. The van der Waals surface area contributed by atoms with E-state index >= 15 is 0 Å². The zero-order chi connectivity index (χ0) is 14.5. The summed E-state index contributed by atoms with van der Waals surface area (Å²) < 4.78 is 0. The van der Waals surface area contributed by atoms with Crippen LogP contribution in [-0.2, 0) is 0 Å². The van der Waals surface area contributed by atoms with Gasteiger partial charge < -0.3 is 10.4 Å². The van der Waals surface area contributed by atoms with E-state index in [9.17, 15) is 9.59 Å². The molecule has 2 amide bonds. The van der Waals surface area contributed by atoms with E-state index in [-0.39, 0.29) is 18.4 Å². The number of rotatable bonds is 7. The number of nitrogens with zero attached hydrogens (tertiary/aromatic N) is 1. The van der Waals surface area contributed by atoms with E-state index in [0.29, 0.717) is 11.1 Å². The normalized spacial score (nSPS) is 13.8. The van der Waals surface area contributed by atoms with Crippen molar-refractivity contribution in [3.63, 3.8) is 0 Å². The Bertz CT molecular complexity index is 514. The number of nitrogens with one attached hydrogen (secondary N) is 1. The van der Waals surface area contributed by atoms with Crippen LogP contribution < -0.4 is 5.32 Å². The van der Waals surface area contributed by atoms with E-state index in [1.807, 2.05) is 6.07 Å². The Labute approximate surface area is 118 Å². The standard InChI is InChI=1S/C15H20N2O3/c1-17-14(19)12-7-6-11(10-13(12)15(17)20)16-8-4-2-3-5-9-18/h6-7,10,16,18H,2-5,8-9H2,1H3. The highest BCUT2D eigenvalue weighted by Gasteiger charge is 2.32. The monoisotopic (exact) mass is 276 g/mol. The molecule has 5 heteroatoms. The first kappa shape index (κ1) is 14.5. The number of hydrogen-bond donors (Lipinski definition) is 2. The molecule has 1 aromatic carbocycles. The van der Waals surface area contributed by atoms with Gasteiger partial charge in [0.1, 0.15) is 0 Å². The van der Waals surface area contributed by atoms with Gasteiger partial charge in [-0.3, -0.25) is 14.5 Å². The van der Waals surface area contributed by atoms with Crippen molar-refractivity contribution in [2.24, 2.45) is 0 Å². The SMILES string of the molecule is CN1C(=O)c2ccc(NCCCCCCO)cc2C1=O. The van der Waals surface area contributed by atoms with Crippen molar-refractivity contribution in [1.82, 2.24) is 4.90 Å². The molecule has 0 spiro atoms. The molecule has 2 N–H and O–H groups in total. The van der Waals surface area contributed by atoms with E-state index in [4.69, 9.17) is 5.11 Å². The van der Waals surface area contributed by atoms with Gasteiger partial charge in [-0.15, -0.1) is 0 Å². The third kappa shape index (κ3) is 2.99. The van der Waals surface area contributed by atoms with Gasteiger partial charge in [0.25, 0.3) is 11.8 Å².